The molecule has 0 spiro atoms. The van der Waals surface area contributed by atoms with E-state index in [1.807, 2.05) is 39.0 Å². The van der Waals surface area contributed by atoms with E-state index in [4.69, 9.17) is 10.5 Å². The van der Waals surface area contributed by atoms with Crippen molar-refractivity contribution in [3.8, 4) is 0 Å². The van der Waals surface area contributed by atoms with Gasteiger partial charge in [-0.25, -0.2) is 0 Å². The van der Waals surface area contributed by atoms with Crippen molar-refractivity contribution in [2.24, 2.45) is 11.7 Å². The van der Waals surface area contributed by atoms with Crippen LogP contribution in [0.1, 0.15) is 72.8 Å². The lowest BCUT2D eigenvalue weighted by Gasteiger charge is -2.37. The summed E-state index contributed by atoms with van der Waals surface area (Å²) >= 11 is 0. The Hall–Kier alpha value is -1.92. The van der Waals surface area contributed by atoms with Crippen LogP contribution in [0.15, 0.2) is 30.3 Å². The number of likely N-dealkylation sites (tertiary alicyclic amines) is 1. The number of benzene rings is 1. The molecule has 0 aromatic heterocycles. The number of nitrogens with one attached hydrogen (secondary N) is 1. The van der Waals surface area contributed by atoms with Crippen molar-refractivity contribution < 1.29 is 14.3 Å². The Balaban J connectivity index is 2.39. The van der Waals surface area contributed by atoms with Crippen LogP contribution in [0.4, 0.5) is 0 Å². The summed E-state index contributed by atoms with van der Waals surface area (Å²) in [6, 6.07) is 9.18. The van der Waals surface area contributed by atoms with Crippen molar-refractivity contribution in [1.29, 1.82) is 0 Å². The summed E-state index contributed by atoms with van der Waals surface area (Å²) in [5.74, 6) is 0.178. The number of nitrogens with two attached hydrogens (primary N) is 1. The van der Waals surface area contributed by atoms with Crippen LogP contribution in [0, 0.1) is 5.92 Å². The molecule has 0 saturated carbocycles. The van der Waals surface area contributed by atoms with E-state index in [2.05, 4.69) is 36.2 Å². The minimum absolute atomic E-state index is 0.0662. The average molecular weight is 432 g/mol. The predicted octanol–water partition coefficient (Wildman–Crippen LogP) is 3.63. The summed E-state index contributed by atoms with van der Waals surface area (Å²) in [5.41, 5.74) is 7.19. The van der Waals surface area contributed by atoms with E-state index < -0.39 is 11.6 Å². The standard InChI is InChI=1S/C25H41N3O3/c1-7-18(8-2)14-21(27-17(3)29)23-20(26)15-22(24(30)31-25(4,5)6)28(23)16-19-12-10-9-11-13-19/h9-13,18,20-23H,7-8,14-16,26H2,1-6H3,(H,27,29)/t20-,21+,22?,23+/m1/s1. The van der Waals surface area contributed by atoms with Crippen LogP contribution < -0.4 is 11.1 Å². The summed E-state index contributed by atoms with van der Waals surface area (Å²) in [4.78, 5) is 27.4. The lowest BCUT2D eigenvalue weighted by Crippen LogP contribution is -2.56. The topological polar surface area (TPSA) is 84.7 Å². The second-order valence-corrected chi connectivity index (χ2v) is 9.82. The van der Waals surface area contributed by atoms with E-state index in [1.54, 1.807) is 6.92 Å². The van der Waals surface area contributed by atoms with Crippen molar-refractivity contribution in [1.82, 2.24) is 10.2 Å². The van der Waals surface area contributed by atoms with Gasteiger partial charge in [-0.2, -0.15) is 0 Å². The molecular formula is C25H41N3O3. The van der Waals surface area contributed by atoms with Crippen LogP contribution in [0.25, 0.3) is 0 Å². The molecule has 0 aliphatic carbocycles. The molecule has 1 aliphatic heterocycles. The van der Waals surface area contributed by atoms with Gasteiger partial charge in [0.25, 0.3) is 0 Å². The number of carbonyl (C=O) groups excluding carboxylic acids is 2. The van der Waals surface area contributed by atoms with E-state index in [-0.39, 0.29) is 30.0 Å². The molecule has 2 rings (SSSR count). The minimum Gasteiger partial charge on any atom is -0.459 e. The number of nitrogens with zero attached hydrogens (tertiary/aromatic N) is 1. The smallest absolute Gasteiger partial charge is 0.323 e. The van der Waals surface area contributed by atoms with Gasteiger partial charge < -0.3 is 15.8 Å². The number of hydrogen-bond acceptors (Lipinski definition) is 5. The van der Waals surface area contributed by atoms with Crippen molar-refractivity contribution in [3.63, 3.8) is 0 Å². The maximum Gasteiger partial charge on any atom is 0.323 e. The molecule has 1 fully saturated rings. The second kappa shape index (κ2) is 11.1. The molecule has 1 aromatic carbocycles. The molecule has 0 bridgehead atoms. The Bertz CT molecular complexity index is 712. The maximum absolute atomic E-state index is 13.1. The first-order valence-corrected chi connectivity index (χ1v) is 11.6. The zero-order valence-electron chi connectivity index (χ0n) is 20.1. The maximum atomic E-state index is 13.1. The van der Waals surface area contributed by atoms with Gasteiger partial charge in [0, 0.05) is 31.6 Å². The third-order valence-corrected chi connectivity index (χ3v) is 6.15. The third-order valence-electron chi connectivity index (χ3n) is 6.15. The van der Waals surface area contributed by atoms with E-state index in [9.17, 15) is 9.59 Å². The fourth-order valence-corrected chi connectivity index (χ4v) is 4.65. The molecule has 1 saturated heterocycles. The van der Waals surface area contributed by atoms with Gasteiger partial charge in [0.1, 0.15) is 11.6 Å². The van der Waals surface area contributed by atoms with Crippen molar-refractivity contribution in [2.45, 2.75) is 104 Å². The highest BCUT2D eigenvalue weighted by Gasteiger charge is 2.48. The van der Waals surface area contributed by atoms with Crippen LogP contribution in [-0.2, 0) is 20.9 Å². The van der Waals surface area contributed by atoms with Gasteiger partial charge in [-0.1, -0.05) is 57.0 Å². The van der Waals surface area contributed by atoms with Gasteiger partial charge in [0.05, 0.1) is 0 Å². The van der Waals surface area contributed by atoms with E-state index in [0.29, 0.717) is 18.9 Å². The Morgan fingerprint density at radius 3 is 2.32 bits per heavy atom. The van der Waals surface area contributed by atoms with E-state index >= 15 is 0 Å². The number of ether oxygens (including phenoxy) is 1. The van der Waals surface area contributed by atoms with Gasteiger partial charge in [-0.05, 0) is 45.1 Å². The lowest BCUT2D eigenvalue weighted by molar-refractivity contribution is -0.161. The van der Waals surface area contributed by atoms with Crippen LogP contribution in [0.2, 0.25) is 0 Å². The summed E-state index contributed by atoms with van der Waals surface area (Å²) in [6.45, 7) is 12.1. The average Bonchev–Trinajstić information content (AvgIpc) is 3.00. The van der Waals surface area contributed by atoms with Gasteiger partial charge in [0.15, 0.2) is 0 Å². The second-order valence-electron chi connectivity index (χ2n) is 9.82. The van der Waals surface area contributed by atoms with Gasteiger partial charge in [-0.15, -0.1) is 0 Å². The third kappa shape index (κ3) is 7.32. The van der Waals surface area contributed by atoms with Crippen LogP contribution in [-0.4, -0.2) is 46.5 Å². The largest absolute Gasteiger partial charge is 0.459 e. The van der Waals surface area contributed by atoms with Crippen LogP contribution >= 0.6 is 0 Å². The number of carbonyl (C=O) groups is 2. The molecule has 1 heterocycles. The first-order valence-electron chi connectivity index (χ1n) is 11.6. The van der Waals surface area contributed by atoms with E-state index in [0.717, 1.165) is 24.8 Å². The Kier molecular flexibility index (Phi) is 9.07. The highest BCUT2D eigenvalue weighted by Crippen LogP contribution is 2.32. The fourth-order valence-electron chi connectivity index (χ4n) is 4.65. The number of rotatable bonds is 9. The normalized spacial score (nSPS) is 23.0. The molecule has 174 valence electrons. The molecule has 6 nitrogen and oxygen atoms in total. The van der Waals surface area contributed by atoms with Crippen LogP contribution in [0.3, 0.4) is 0 Å². The zero-order valence-corrected chi connectivity index (χ0v) is 20.1. The molecule has 6 heteroatoms. The summed E-state index contributed by atoms with van der Waals surface area (Å²) in [6.07, 6.45) is 3.45. The molecule has 3 N–H and O–H groups in total. The number of hydrogen-bond donors (Lipinski definition) is 2. The van der Waals surface area contributed by atoms with Crippen molar-refractivity contribution in [2.75, 3.05) is 0 Å². The number of amides is 1. The first kappa shape index (κ1) is 25.3. The molecule has 1 aromatic rings. The zero-order chi connectivity index (χ0) is 23.2. The van der Waals surface area contributed by atoms with Gasteiger partial charge in [-0.3, -0.25) is 14.5 Å². The Morgan fingerprint density at radius 2 is 1.81 bits per heavy atom. The van der Waals surface area contributed by atoms with Crippen molar-refractivity contribution >= 4 is 11.9 Å². The number of esters is 1. The quantitative estimate of drug-likeness (QED) is 0.583. The monoisotopic (exact) mass is 431 g/mol. The minimum atomic E-state index is -0.565. The Labute approximate surface area is 187 Å². The highest BCUT2D eigenvalue weighted by molar-refractivity contribution is 5.77. The lowest BCUT2D eigenvalue weighted by atomic mass is 9.88. The first-order chi connectivity index (χ1) is 14.6. The molecule has 31 heavy (non-hydrogen) atoms. The molecule has 4 atom stereocenters. The highest BCUT2D eigenvalue weighted by atomic mass is 16.6. The van der Waals surface area contributed by atoms with E-state index in [1.165, 1.54) is 0 Å². The summed E-state index contributed by atoms with van der Waals surface area (Å²) in [5, 5.41) is 3.16. The Morgan fingerprint density at radius 1 is 1.19 bits per heavy atom. The molecular weight excluding hydrogens is 390 g/mol. The fraction of sp³-hybridized carbons (Fsp3) is 0.680. The summed E-state index contributed by atoms with van der Waals surface area (Å²) < 4.78 is 5.75. The SMILES string of the molecule is CCC(CC)C[C@H](NC(C)=O)[C@@H]1[C@H](N)CC(C(=O)OC(C)(C)C)N1Cc1ccccc1. The molecule has 0 radical (unpaired) electrons. The summed E-state index contributed by atoms with van der Waals surface area (Å²) in [7, 11) is 0. The van der Waals surface area contributed by atoms with Gasteiger partial charge in [0.2, 0.25) is 5.91 Å². The predicted molar refractivity (Wildman–Crippen MR) is 124 cm³/mol. The molecule has 1 aliphatic rings. The van der Waals surface area contributed by atoms with Gasteiger partial charge >= 0.3 is 5.97 Å². The molecule has 1 amide bonds. The van der Waals surface area contributed by atoms with Crippen LogP contribution in [0.5, 0.6) is 0 Å². The van der Waals surface area contributed by atoms with Crippen molar-refractivity contribution in [3.05, 3.63) is 35.9 Å². The molecule has 1 unspecified atom stereocenters.